The topological polar surface area (TPSA) is 43.6 Å². The first-order chi connectivity index (χ1) is 7.48. The summed E-state index contributed by atoms with van der Waals surface area (Å²) in [6, 6.07) is 2.94. The lowest BCUT2D eigenvalue weighted by Gasteiger charge is -2.09. The molecule has 4 nitrogen and oxygen atoms in total. The molecule has 1 aromatic carbocycles. The highest BCUT2D eigenvalue weighted by Crippen LogP contribution is 2.32. The number of nitrogens with zero attached hydrogens (tertiary/aromatic N) is 4. The van der Waals surface area contributed by atoms with Crippen LogP contribution in [0.3, 0.4) is 0 Å². The fraction of sp³-hybridized carbons (Fsp3) is 0.125. The Morgan fingerprint density at radius 1 is 1.25 bits per heavy atom. The van der Waals surface area contributed by atoms with Crippen LogP contribution in [0.4, 0.5) is 13.2 Å². The zero-order valence-electron chi connectivity index (χ0n) is 7.61. The Morgan fingerprint density at radius 3 is 2.56 bits per heavy atom. The summed E-state index contributed by atoms with van der Waals surface area (Å²) in [7, 11) is 0. The third-order valence-corrected chi connectivity index (χ3v) is 2.19. The molecule has 0 amide bonds. The van der Waals surface area contributed by atoms with Crippen molar-refractivity contribution < 1.29 is 13.2 Å². The molecule has 0 spiro atoms. The highest BCUT2D eigenvalue weighted by atomic mass is 35.5. The summed E-state index contributed by atoms with van der Waals surface area (Å²) < 4.78 is 38.4. The number of hydrogen-bond donors (Lipinski definition) is 0. The minimum atomic E-state index is -4.42. The van der Waals surface area contributed by atoms with Gasteiger partial charge in [-0.05, 0) is 28.6 Å². The van der Waals surface area contributed by atoms with Gasteiger partial charge in [-0.15, -0.1) is 5.10 Å². The molecule has 2 rings (SSSR count). The van der Waals surface area contributed by atoms with Crippen molar-refractivity contribution in [3.8, 4) is 5.69 Å². The van der Waals surface area contributed by atoms with Crippen molar-refractivity contribution in [1.29, 1.82) is 0 Å². The van der Waals surface area contributed by atoms with Gasteiger partial charge in [-0.2, -0.15) is 17.9 Å². The maximum Gasteiger partial charge on any atom is 0.416 e. The van der Waals surface area contributed by atoms with E-state index in [1.807, 2.05) is 0 Å². The van der Waals surface area contributed by atoms with E-state index < -0.39 is 11.7 Å². The Bertz CT molecular complexity index is 494. The van der Waals surface area contributed by atoms with Gasteiger partial charge in [-0.1, -0.05) is 11.6 Å². The smallest absolute Gasteiger partial charge is 0.199 e. The summed E-state index contributed by atoms with van der Waals surface area (Å²) in [5.74, 6) is 0. The highest BCUT2D eigenvalue weighted by Gasteiger charge is 2.31. The minimum Gasteiger partial charge on any atom is -0.199 e. The summed E-state index contributed by atoms with van der Waals surface area (Å²) in [5, 5.41) is 10.3. The van der Waals surface area contributed by atoms with Crippen molar-refractivity contribution in [2.24, 2.45) is 0 Å². The number of benzene rings is 1. The number of aromatic nitrogens is 4. The van der Waals surface area contributed by atoms with Crippen LogP contribution >= 0.6 is 11.6 Å². The van der Waals surface area contributed by atoms with Crippen molar-refractivity contribution in [3.63, 3.8) is 0 Å². The molecule has 8 heteroatoms. The molecule has 0 saturated carbocycles. The van der Waals surface area contributed by atoms with Crippen LogP contribution in [0.25, 0.3) is 5.69 Å². The summed E-state index contributed by atoms with van der Waals surface area (Å²) in [5.41, 5.74) is -0.719. The standard InChI is InChI=1S/C8H4ClF3N4/c9-6-2-1-5(8(10,11)12)3-7(6)16-4-13-14-15-16/h1-4H. The highest BCUT2D eigenvalue weighted by molar-refractivity contribution is 6.32. The molecule has 1 heterocycles. The fourth-order valence-corrected chi connectivity index (χ4v) is 1.34. The van der Waals surface area contributed by atoms with Crippen LogP contribution in [0.1, 0.15) is 5.56 Å². The SMILES string of the molecule is FC(F)(F)c1ccc(Cl)c(-n2cnnn2)c1. The Labute approximate surface area is 92.6 Å². The third-order valence-electron chi connectivity index (χ3n) is 1.87. The van der Waals surface area contributed by atoms with E-state index in [0.29, 0.717) is 0 Å². The normalized spacial score (nSPS) is 11.8. The van der Waals surface area contributed by atoms with E-state index >= 15 is 0 Å². The summed E-state index contributed by atoms with van der Waals surface area (Å²) in [4.78, 5) is 0. The van der Waals surface area contributed by atoms with E-state index in [-0.39, 0.29) is 10.7 Å². The van der Waals surface area contributed by atoms with Crippen LogP contribution in [0.15, 0.2) is 24.5 Å². The Morgan fingerprint density at radius 2 is 2.00 bits per heavy atom. The van der Waals surface area contributed by atoms with Gasteiger partial charge in [0.25, 0.3) is 0 Å². The maximum absolute atomic E-state index is 12.4. The number of tetrazole rings is 1. The molecule has 0 bridgehead atoms. The summed E-state index contributed by atoms with van der Waals surface area (Å²) >= 11 is 5.75. The van der Waals surface area contributed by atoms with Crippen LogP contribution in [0, 0.1) is 0 Å². The van der Waals surface area contributed by atoms with Crippen molar-refractivity contribution in [2.45, 2.75) is 6.18 Å². The monoisotopic (exact) mass is 248 g/mol. The first kappa shape index (κ1) is 10.9. The van der Waals surface area contributed by atoms with Gasteiger partial charge in [0.2, 0.25) is 0 Å². The second-order valence-corrected chi connectivity index (χ2v) is 3.33. The van der Waals surface area contributed by atoms with Gasteiger partial charge in [0.1, 0.15) is 6.33 Å². The van der Waals surface area contributed by atoms with Crippen LogP contribution in [-0.2, 0) is 6.18 Å². The van der Waals surface area contributed by atoms with Crippen LogP contribution < -0.4 is 0 Å². The van der Waals surface area contributed by atoms with Gasteiger partial charge in [0, 0.05) is 0 Å². The molecule has 1 aromatic heterocycles. The number of hydrogen-bond acceptors (Lipinski definition) is 3. The molecule has 2 aromatic rings. The van der Waals surface area contributed by atoms with Gasteiger partial charge < -0.3 is 0 Å². The second kappa shape index (κ2) is 3.75. The van der Waals surface area contributed by atoms with Gasteiger partial charge in [-0.3, -0.25) is 0 Å². The van der Waals surface area contributed by atoms with Gasteiger partial charge >= 0.3 is 6.18 Å². The van der Waals surface area contributed by atoms with E-state index in [9.17, 15) is 13.2 Å². The van der Waals surface area contributed by atoms with E-state index in [1.54, 1.807) is 0 Å². The molecule has 0 saturated heterocycles. The average molecular weight is 249 g/mol. The van der Waals surface area contributed by atoms with Crippen molar-refractivity contribution in [2.75, 3.05) is 0 Å². The zero-order chi connectivity index (χ0) is 11.8. The minimum absolute atomic E-state index is 0.0847. The molecule has 0 unspecified atom stereocenters. The predicted molar refractivity (Wildman–Crippen MR) is 49.2 cm³/mol. The zero-order valence-corrected chi connectivity index (χ0v) is 8.37. The molecule has 0 aliphatic heterocycles. The molecule has 16 heavy (non-hydrogen) atoms. The molecule has 84 valence electrons. The lowest BCUT2D eigenvalue weighted by molar-refractivity contribution is -0.137. The Hall–Kier alpha value is -1.63. The first-order valence-electron chi connectivity index (χ1n) is 4.08. The molecule has 0 radical (unpaired) electrons. The predicted octanol–water partition coefficient (Wildman–Crippen LogP) is 2.33. The van der Waals surface area contributed by atoms with Crippen LogP contribution in [0.2, 0.25) is 5.02 Å². The van der Waals surface area contributed by atoms with E-state index in [0.717, 1.165) is 22.9 Å². The van der Waals surface area contributed by atoms with Gasteiger partial charge in [0.05, 0.1) is 16.3 Å². The molecule has 0 N–H and O–H groups in total. The summed E-state index contributed by atoms with van der Waals surface area (Å²) in [6.07, 6.45) is -3.26. The molecular formula is C8H4ClF3N4. The van der Waals surface area contributed by atoms with E-state index in [1.165, 1.54) is 6.33 Å². The van der Waals surface area contributed by atoms with Crippen molar-refractivity contribution in [1.82, 2.24) is 20.2 Å². The number of rotatable bonds is 1. The lowest BCUT2D eigenvalue weighted by atomic mass is 10.2. The first-order valence-corrected chi connectivity index (χ1v) is 4.46. The average Bonchev–Trinajstić information content (AvgIpc) is 2.69. The molecule has 0 aliphatic rings. The molecule has 0 aliphatic carbocycles. The Kier molecular flexibility index (Phi) is 2.55. The van der Waals surface area contributed by atoms with Crippen LogP contribution in [-0.4, -0.2) is 20.2 Å². The van der Waals surface area contributed by atoms with Crippen LogP contribution in [0.5, 0.6) is 0 Å². The summed E-state index contributed by atoms with van der Waals surface area (Å²) in [6.45, 7) is 0. The quantitative estimate of drug-likeness (QED) is 0.778. The third kappa shape index (κ3) is 1.99. The van der Waals surface area contributed by atoms with Crippen molar-refractivity contribution in [3.05, 3.63) is 35.1 Å². The molecular weight excluding hydrogens is 245 g/mol. The maximum atomic E-state index is 12.4. The van der Waals surface area contributed by atoms with Crippen molar-refractivity contribution >= 4 is 11.6 Å². The fourth-order valence-electron chi connectivity index (χ4n) is 1.14. The number of halogens is 4. The largest absolute Gasteiger partial charge is 0.416 e. The second-order valence-electron chi connectivity index (χ2n) is 2.92. The molecule has 0 fully saturated rings. The lowest BCUT2D eigenvalue weighted by Crippen LogP contribution is -2.06. The van der Waals surface area contributed by atoms with E-state index in [2.05, 4.69) is 15.5 Å². The number of alkyl halides is 3. The van der Waals surface area contributed by atoms with Gasteiger partial charge in [0.15, 0.2) is 0 Å². The Balaban J connectivity index is 2.54. The van der Waals surface area contributed by atoms with E-state index in [4.69, 9.17) is 11.6 Å². The van der Waals surface area contributed by atoms with Gasteiger partial charge in [-0.25, -0.2) is 0 Å². The molecule has 0 atom stereocenters.